The number of aliphatic carboxylic acids is 1. The molecule has 2 rings (SSSR count). The number of fused-ring (bicyclic) bond motifs is 1. The van der Waals surface area contributed by atoms with Crippen LogP contribution in [0, 0.1) is 0 Å². The molecule has 16 heteroatoms. The molecule has 4 amide bonds. The third kappa shape index (κ3) is 11.9. The second-order valence-electron chi connectivity index (χ2n) is 10.4. The fourth-order valence-electron chi connectivity index (χ4n) is 4.53. The number of nitrogens with one attached hydrogen (secondary N) is 4. The number of primary amides is 1. The Kier molecular flexibility index (Phi) is 14.6. The quantitative estimate of drug-likeness (QED) is 0.0444. The van der Waals surface area contributed by atoms with Gasteiger partial charge in [-0.2, -0.15) is 0 Å². The highest BCUT2D eigenvalue weighted by atomic mass is 16.4. The Morgan fingerprint density at radius 1 is 0.841 bits per heavy atom. The standard InChI is InChI=1S/C28H44N10O6/c29-12-4-3-8-22(27(43)44)38-25(41)20(9-5-13-34-28(32)33)37-26(42)21(10-11-23(31)39)36-24(40)18(30)14-16-15-35-19-7-2-1-6-17(16)19/h1-2,6-7,15,18,20-22,35H,3-5,8-14,29-30H2,(H2,31,39)(H,36,40)(H,37,42)(H,38,41)(H,43,44)(H4,32,33,34). The third-order valence-electron chi connectivity index (χ3n) is 6.90. The maximum absolute atomic E-state index is 13.4. The average Bonchev–Trinajstić information content (AvgIpc) is 3.38. The molecule has 1 aromatic heterocycles. The lowest BCUT2D eigenvalue weighted by Gasteiger charge is -2.25. The van der Waals surface area contributed by atoms with Crippen molar-refractivity contribution >= 4 is 46.5 Å². The van der Waals surface area contributed by atoms with Crippen molar-refractivity contribution in [3.8, 4) is 0 Å². The van der Waals surface area contributed by atoms with Crippen LogP contribution in [0.2, 0.25) is 0 Å². The molecule has 0 saturated carbocycles. The second-order valence-corrected chi connectivity index (χ2v) is 10.4. The smallest absolute Gasteiger partial charge is 0.326 e. The van der Waals surface area contributed by atoms with E-state index in [-0.39, 0.29) is 51.0 Å². The number of aromatic amines is 1. The zero-order valence-electron chi connectivity index (χ0n) is 24.6. The minimum Gasteiger partial charge on any atom is -0.480 e. The van der Waals surface area contributed by atoms with E-state index < -0.39 is 53.8 Å². The van der Waals surface area contributed by atoms with Crippen LogP contribution in [0.15, 0.2) is 35.5 Å². The van der Waals surface area contributed by atoms with Crippen LogP contribution in [0.5, 0.6) is 0 Å². The first-order chi connectivity index (χ1) is 20.9. The van der Waals surface area contributed by atoms with Crippen molar-refractivity contribution in [3.05, 3.63) is 36.0 Å². The first kappa shape index (κ1) is 35.5. The molecule has 0 aliphatic carbocycles. The van der Waals surface area contributed by atoms with Gasteiger partial charge in [0.25, 0.3) is 0 Å². The monoisotopic (exact) mass is 616 g/mol. The van der Waals surface area contributed by atoms with Crippen LogP contribution in [-0.2, 0) is 30.4 Å². The summed E-state index contributed by atoms with van der Waals surface area (Å²) in [7, 11) is 0. The first-order valence-corrected chi connectivity index (χ1v) is 14.4. The van der Waals surface area contributed by atoms with E-state index in [1.807, 2.05) is 24.3 Å². The summed E-state index contributed by atoms with van der Waals surface area (Å²) in [4.78, 5) is 69.9. The van der Waals surface area contributed by atoms with Gasteiger partial charge in [0.05, 0.1) is 6.04 Å². The van der Waals surface area contributed by atoms with E-state index in [1.54, 1.807) is 6.20 Å². The summed E-state index contributed by atoms with van der Waals surface area (Å²) in [5.41, 5.74) is 29.4. The number of guanidine groups is 1. The molecule has 16 nitrogen and oxygen atoms in total. The molecule has 0 bridgehead atoms. The number of unbranched alkanes of at least 4 members (excludes halogenated alkanes) is 1. The number of carbonyl (C=O) groups excluding carboxylic acids is 4. The molecule has 0 saturated heterocycles. The van der Waals surface area contributed by atoms with Crippen molar-refractivity contribution in [3.63, 3.8) is 0 Å². The Hall–Kier alpha value is -4.70. The van der Waals surface area contributed by atoms with Gasteiger partial charge in [-0.15, -0.1) is 0 Å². The predicted molar refractivity (Wildman–Crippen MR) is 165 cm³/mol. The molecule has 4 atom stereocenters. The number of amides is 4. The zero-order valence-corrected chi connectivity index (χ0v) is 24.6. The highest BCUT2D eigenvalue weighted by Gasteiger charge is 2.30. The number of nitrogens with zero attached hydrogens (tertiary/aromatic N) is 1. The maximum atomic E-state index is 13.4. The highest BCUT2D eigenvalue weighted by molar-refractivity contribution is 5.94. The number of aromatic nitrogens is 1. The molecule has 1 aromatic carbocycles. The minimum absolute atomic E-state index is 0.0417. The van der Waals surface area contributed by atoms with Crippen molar-refractivity contribution < 1.29 is 29.1 Å². The van der Waals surface area contributed by atoms with Gasteiger partial charge in [0, 0.05) is 30.1 Å². The Bertz CT molecular complexity index is 1310. The van der Waals surface area contributed by atoms with E-state index in [9.17, 15) is 29.1 Å². The number of aliphatic imine (C=N–C) groups is 1. The zero-order chi connectivity index (χ0) is 32.6. The van der Waals surface area contributed by atoms with Crippen LogP contribution in [0.3, 0.4) is 0 Å². The number of hydrogen-bond donors (Lipinski definition) is 10. The van der Waals surface area contributed by atoms with Gasteiger partial charge in [-0.25, -0.2) is 4.79 Å². The Morgan fingerprint density at radius 3 is 2.09 bits per heavy atom. The van der Waals surface area contributed by atoms with Crippen LogP contribution < -0.4 is 44.6 Å². The fourth-order valence-corrected chi connectivity index (χ4v) is 4.53. The number of nitrogens with two attached hydrogens (primary N) is 5. The molecule has 0 spiro atoms. The van der Waals surface area contributed by atoms with E-state index in [0.29, 0.717) is 19.4 Å². The van der Waals surface area contributed by atoms with Crippen molar-refractivity contribution in [1.29, 1.82) is 0 Å². The van der Waals surface area contributed by atoms with Gasteiger partial charge in [-0.1, -0.05) is 18.2 Å². The van der Waals surface area contributed by atoms with Crippen LogP contribution in [0.4, 0.5) is 0 Å². The minimum atomic E-state index is -1.27. The number of rotatable bonds is 20. The maximum Gasteiger partial charge on any atom is 0.326 e. The molecular formula is C28H44N10O6. The van der Waals surface area contributed by atoms with Gasteiger partial charge < -0.3 is 54.7 Å². The lowest BCUT2D eigenvalue weighted by molar-refractivity contribution is -0.142. The van der Waals surface area contributed by atoms with E-state index >= 15 is 0 Å². The molecule has 0 aliphatic heterocycles. The number of carboxylic acids is 1. The fraction of sp³-hybridized carbons (Fsp3) is 0.500. The summed E-state index contributed by atoms with van der Waals surface area (Å²) >= 11 is 0. The molecule has 2 aromatic rings. The Morgan fingerprint density at radius 2 is 1.45 bits per heavy atom. The lowest BCUT2D eigenvalue weighted by atomic mass is 10.0. The third-order valence-corrected chi connectivity index (χ3v) is 6.90. The van der Waals surface area contributed by atoms with Crippen molar-refractivity contribution in [2.45, 2.75) is 75.5 Å². The largest absolute Gasteiger partial charge is 0.480 e. The number of carboxylic acid groups (broad SMARTS) is 1. The van der Waals surface area contributed by atoms with E-state index in [2.05, 4.69) is 25.9 Å². The van der Waals surface area contributed by atoms with Gasteiger partial charge in [0.2, 0.25) is 23.6 Å². The van der Waals surface area contributed by atoms with Gasteiger partial charge in [-0.05, 0) is 63.1 Å². The van der Waals surface area contributed by atoms with Crippen molar-refractivity contribution in [1.82, 2.24) is 20.9 Å². The number of para-hydroxylation sites is 1. The molecular weight excluding hydrogens is 572 g/mol. The normalized spacial score (nSPS) is 13.7. The number of carbonyl (C=O) groups is 5. The van der Waals surface area contributed by atoms with Crippen LogP contribution in [-0.4, -0.2) is 82.9 Å². The van der Waals surface area contributed by atoms with Crippen LogP contribution in [0.1, 0.15) is 50.5 Å². The van der Waals surface area contributed by atoms with Crippen molar-refractivity contribution in [2.24, 2.45) is 33.7 Å². The van der Waals surface area contributed by atoms with Crippen LogP contribution >= 0.6 is 0 Å². The highest BCUT2D eigenvalue weighted by Crippen LogP contribution is 2.19. The van der Waals surface area contributed by atoms with Crippen LogP contribution in [0.25, 0.3) is 10.9 Å². The van der Waals surface area contributed by atoms with Gasteiger partial charge in [0.15, 0.2) is 5.96 Å². The molecule has 0 fully saturated rings. The number of H-pyrrole nitrogens is 1. The average molecular weight is 617 g/mol. The SMILES string of the molecule is NCCCCC(NC(=O)C(CCCN=C(N)N)NC(=O)C(CCC(N)=O)NC(=O)C(N)Cc1c[nH]c2ccccc12)C(=O)O. The predicted octanol–water partition coefficient (Wildman–Crippen LogP) is -1.98. The molecule has 242 valence electrons. The Balaban J connectivity index is 2.17. The van der Waals surface area contributed by atoms with Crippen molar-refractivity contribution in [2.75, 3.05) is 13.1 Å². The summed E-state index contributed by atoms with van der Waals surface area (Å²) < 4.78 is 0. The molecule has 44 heavy (non-hydrogen) atoms. The number of benzene rings is 1. The topological polar surface area (TPSA) is 300 Å². The van der Waals surface area contributed by atoms with E-state index in [0.717, 1.165) is 16.5 Å². The number of hydrogen-bond acceptors (Lipinski definition) is 8. The molecule has 4 unspecified atom stereocenters. The summed E-state index contributed by atoms with van der Waals surface area (Å²) in [5, 5.41) is 18.1. The molecule has 1 heterocycles. The first-order valence-electron chi connectivity index (χ1n) is 14.4. The van der Waals surface area contributed by atoms with E-state index in [4.69, 9.17) is 28.7 Å². The summed E-state index contributed by atoms with van der Waals surface area (Å²) in [5.74, 6) is -4.28. The summed E-state index contributed by atoms with van der Waals surface area (Å²) in [6.07, 6.45) is 2.99. The van der Waals surface area contributed by atoms with Gasteiger partial charge in [0.1, 0.15) is 18.1 Å². The molecule has 0 aliphatic rings. The molecule has 15 N–H and O–H groups in total. The van der Waals surface area contributed by atoms with Gasteiger partial charge in [-0.3, -0.25) is 24.2 Å². The summed E-state index contributed by atoms with van der Waals surface area (Å²) in [6, 6.07) is 2.78. The lowest BCUT2D eigenvalue weighted by Crippen LogP contribution is -2.57. The Labute approximate surface area is 254 Å². The van der Waals surface area contributed by atoms with E-state index in [1.165, 1.54) is 0 Å². The molecule has 0 radical (unpaired) electrons. The van der Waals surface area contributed by atoms with Gasteiger partial charge >= 0.3 is 5.97 Å². The second kappa shape index (κ2) is 18.1. The summed E-state index contributed by atoms with van der Waals surface area (Å²) in [6.45, 7) is 0.513.